The molecule has 0 saturated carbocycles. The van der Waals surface area contributed by atoms with Gasteiger partial charge in [0.05, 0.1) is 17.0 Å². The van der Waals surface area contributed by atoms with Crippen LogP contribution in [0.1, 0.15) is 11.1 Å². The van der Waals surface area contributed by atoms with E-state index in [1.165, 1.54) is 28.5 Å². The molecule has 4 nitrogen and oxygen atoms in total. The lowest BCUT2D eigenvalue weighted by atomic mass is 10.0. The van der Waals surface area contributed by atoms with E-state index in [0.717, 1.165) is 26.9 Å². The molecule has 0 saturated heterocycles. The normalized spacial score (nSPS) is 11.0. The standard InChI is InChI=1S/C24H15N3OS2/c25-12-15-4-3-5-16(10-15)13-30-24-26-22(28)21-20(14-29-23(21)27-24)19-9-8-17-6-1-2-7-18(17)11-19/h1-11,14H,13H2,(H,26,27,28). The van der Waals surface area contributed by atoms with E-state index in [-0.39, 0.29) is 5.56 Å². The number of hydrogen-bond donors (Lipinski definition) is 1. The molecule has 144 valence electrons. The lowest BCUT2D eigenvalue weighted by Gasteiger charge is -2.04. The molecule has 0 bridgehead atoms. The van der Waals surface area contributed by atoms with Gasteiger partial charge in [-0.15, -0.1) is 11.3 Å². The van der Waals surface area contributed by atoms with Gasteiger partial charge in [-0.1, -0.05) is 60.3 Å². The minimum absolute atomic E-state index is 0.127. The summed E-state index contributed by atoms with van der Waals surface area (Å²) in [5, 5.41) is 14.6. The van der Waals surface area contributed by atoms with Crippen molar-refractivity contribution in [3.05, 3.63) is 93.6 Å². The van der Waals surface area contributed by atoms with E-state index in [2.05, 4.69) is 40.3 Å². The summed E-state index contributed by atoms with van der Waals surface area (Å²) in [4.78, 5) is 21.2. The monoisotopic (exact) mass is 425 g/mol. The molecule has 0 aliphatic rings. The van der Waals surface area contributed by atoms with Crippen LogP contribution in [0.25, 0.3) is 32.1 Å². The maximum Gasteiger partial charge on any atom is 0.260 e. The van der Waals surface area contributed by atoms with Crippen molar-refractivity contribution in [1.29, 1.82) is 5.26 Å². The van der Waals surface area contributed by atoms with Crippen LogP contribution in [0.5, 0.6) is 0 Å². The van der Waals surface area contributed by atoms with Crippen LogP contribution < -0.4 is 5.56 Å². The van der Waals surface area contributed by atoms with Gasteiger partial charge in [-0.3, -0.25) is 4.79 Å². The van der Waals surface area contributed by atoms with Crippen molar-refractivity contribution in [3.63, 3.8) is 0 Å². The van der Waals surface area contributed by atoms with Crippen molar-refractivity contribution in [3.8, 4) is 17.2 Å². The lowest BCUT2D eigenvalue weighted by Crippen LogP contribution is -2.08. The van der Waals surface area contributed by atoms with Gasteiger partial charge >= 0.3 is 0 Å². The highest BCUT2D eigenvalue weighted by molar-refractivity contribution is 7.98. The van der Waals surface area contributed by atoms with Gasteiger partial charge in [0.1, 0.15) is 4.83 Å². The summed E-state index contributed by atoms with van der Waals surface area (Å²) in [7, 11) is 0. The number of thioether (sulfide) groups is 1. The first-order valence-corrected chi connectivity index (χ1v) is 11.2. The number of aromatic amines is 1. The molecule has 3 aromatic carbocycles. The Labute approximate surface area is 180 Å². The second kappa shape index (κ2) is 7.79. The second-order valence-electron chi connectivity index (χ2n) is 6.86. The Balaban J connectivity index is 1.48. The lowest BCUT2D eigenvalue weighted by molar-refractivity contribution is 0.980. The van der Waals surface area contributed by atoms with Gasteiger partial charge in [-0.25, -0.2) is 4.98 Å². The van der Waals surface area contributed by atoms with E-state index in [4.69, 9.17) is 5.26 Å². The fourth-order valence-corrected chi connectivity index (χ4v) is 5.26. The summed E-state index contributed by atoms with van der Waals surface area (Å²) < 4.78 is 0. The summed E-state index contributed by atoms with van der Waals surface area (Å²) in [6.07, 6.45) is 0. The fraction of sp³-hybridized carbons (Fsp3) is 0.0417. The molecule has 0 radical (unpaired) electrons. The van der Waals surface area contributed by atoms with Gasteiger partial charge in [-0.2, -0.15) is 5.26 Å². The summed E-state index contributed by atoms with van der Waals surface area (Å²) in [6.45, 7) is 0. The number of nitriles is 1. The third-order valence-electron chi connectivity index (χ3n) is 4.91. The zero-order valence-corrected chi connectivity index (χ0v) is 17.4. The molecular weight excluding hydrogens is 410 g/mol. The summed E-state index contributed by atoms with van der Waals surface area (Å²) in [6, 6.07) is 24.0. The van der Waals surface area contributed by atoms with E-state index < -0.39 is 0 Å². The van der Waals surface area contributed by atoms with Crippen LogP contribution >= 0.6 is 23.1 Å². The Hall–Kier alpha value is -3.40. The van der Waals surface area contributed by atoms with Gasteiger partial charge in [0, 0.05) is 16.7 Å². The predicted molar refractivity (Wildman–Crippen MR) is 124 cm³/mol. The van der Waals surface area contributed by atoms with Crippen LogP contribution in [0.15, 0.2) is 82.1 Å². The highest BCUT2D eigenvalue weighted by Gasteiger charge is 2.14. The van der Waals surface area contributed by atoms with E-state index in [0.29, 0.717) is 21.9 Å². The molecule has 5 aromatic rings. The smallest absolute Gasteiger partial charge is 0.260 e. The van der Waals surface area contributed by atoms with Crippen molar-refractivity contribution < 1.29 is 0 Å². The average Bonchev–Trinajstić information content (AvgIpc) is 3.22. The minimum atomic E-state index is -0.127. The van der Waals surface area contributed by atoms with Crippen LogP contribution in [-0.4, -0.2) is 9.97 Å². The molecule has 0 amide bonds. The number of nitrogens with zero attached hydrogens (tertiary/aromatic N) is 2. The maximum atomic E-state index is 12.9. The van der Waals surface area contributed by atoms with Crippen LogP contribution in [-0.2, 0) is 5.75 Å². The van der Waals surface area contributed by atoms with Gasteiger partial charge in [0.2, 0.25) is 0 Å². The van der Waals surface area contributed by atoms with Gasteiger partial charge in [0.15, 0.2) is 5.16 Å². The molecule has 6 heteroatoms. The quantitative estimate of drug-likeness (QED) is 0.284. The first-order valence-electron chi connectivity index (χ1n) is 9.34. The SMILES string of the molecule is N#Cc1cccc(CSc2nc3scc(-c4ccc5ccccc5c4)c3c(=O)[nH]2)c1. The molecule has 0 aliphatic carbocycles. The number of hydrogen-bond acceptors (Lipinski definition) is 5. The Morgan fingerprint density at radius 1 is 1.03 bits per heavy atom. The van der Waals surface area contributed by atoms with Crippen molar-refractivity contribution in [2.24, 2.45) is 0 Å². The molecule has 0 fully saturated rings. The molecule has 30 heavy (non-hydrogen) atoms. The molecular formula is C24H15N3OS2. The van der Waals surface area contributed by atoms with Crippen molar-refractivity contribution in [2.75, 3.05) is 0 Å². The topological polar surface area (TPSA) is 69.5 Å². The van der Waals surface area contributed by atoms with E-state index in [1.807, 2.05) is 41.8 Å². The third kappa shape index (κ3) is 3.50. The molecule has 0 unspecified atom stereocenters. The molecule has 2 heterocycles. The number of H-pyrrole nitrogens is 1. The number of fused-ring (bicyclic) bond motifs is 2. The summed E-state index contributed by atoms with van der Waals surface area (Å²) in [5.74, 6) is 0.632. The molecule has 0 atom stereocenters. The first kappa shape index (κ1) is 18.6. The number of rotatable bonds is 4. The Kier molecular flexibility index (Phi) is 4.83. The summed E-state index contributed by atoms with van der Waals surface area (Å²) >= 11 is 2.94. The Morgan fingerprint density at radius 2 is 1.90 bits per heavy atom. The Morgan fingerprint density at radius 3 is 2.77 bits per heavy atom. The number of aromatic nitrogens is 2. The molecule has 0 spiro atoms. The van der Waals surface area contributed by atoms with Crippen molar-refractivity contribution in [1.82, 2.24) is 9.97 Å². The largest absolute Gasteiger partial charge is 0.301 e. The van der Waals surface area contributed by atoms with E-state index >= 15 is 0 Å². The van der Waals surface area contributed by atoms with Crippen LogP contribution in [0.3, 0.4) is 0 Å². The maximum absolute atomic E-state index is 12.9. The van der Waals surface area contributed by atoms with Crippen LogP contribution in [0.2, 0.25) is 0 Å². The summed E-state index contributed by atoms with van der Waals surface area (Å²) in [5.41, 5.74) is 3.44. The minimum Gasteiger partial charge on any atom is -0.301 e. The van der Waals surface area contributed by atoms with Crippen molar-refractivity contribution >= 4 is 44.1 Å². The first-order chi connectivity index (χ1) is 14.7. The van der Waals surface area contributed by atoms with Crippen LogP contribution in [0, 0.1) is 11.3 Å². The molecule has 2 aromatic heterocycles. The van der Waals surface area contributed by atoms with Gasteiger partial charge < -0.3 is 4.98 Å². The van der Waals surface area contributed by atoms with Crippen molar-refractivity contribution in [2.45, 2.75) is 10.9 Å². The third-order valence-corrected chi connectivity index (χ3v) is 6.73. The van der Waals surface area contributed by atoms with Crippen LogP contribution in [0.4, 0.5) is 0 Å². The fourth-order valence-electron chi connectivity index (χ4n) is 3.45. The zero-order valence-electron chi connectivity index (χ0n) is 15.8. The molecule has 5 rings (SSSR count). The predicted octanol–water partition coefficient (Wildman–Crippen LogP) is 5.97. The number of thiophene rings is 1. The number of nitrogens with one attached hydrogen (secondary N) is 1. The second-order valence-corrected chi connectivity index (χ2v) is 8.69. The average molecular weight is 426 g/mol. The van der Waals surface area contributed by atoms with E-state index in [9.17, 15) is 4.79 Å². The zero-order chi connectivity index (χ0) is 20.5. The highest BCUT2D eigenvalue weighted by atomic mass is 32.2. The Bertz CT molecular complexity index is 1490. The molecule has 0 aliphatic heterocycles. The number of benzene rings is 3. The van der Waals surface area contributed by atoms with Gasteiger partial charge in [0.25, 0.3) is 5.56 Å². The molecule has 1 N–H and O–H groups in total. The van der Waals surface area contributed by atoms with E-state index in [1.54, 1.807) is 6.07 Å². The highest BCUT2D eigenvalue weighted by Crippen LogP contribution is 2.33. The van der Waals surface area contributed by atoms with Gasteiger partial charge in [-0.05, 0) is 40.1 Å².